The predicted molar refractivity (Wildman–Crippen MR) is 165 cm³/mol. The molecule has 0 bridgehead atoms. The van der Waals surface area contributed by atoms with E-state index in [-0.39, 0.29) is 39.0 Å². The predicted octanol–water partition coefficient (Wildman–Crippen LogP) is 5.81. The molecule has 5 rings (SSSR count). The Morgan fingerprint density at radius 1 is 0.680 bits per heavy atom. The fourth-order valence-corrected chi connectivity index (χ4v) is 6.26. The lowest BCUT2D eigenvalue weighted by Gasteiger charge is -2.07. The molecule has 4 heterocycles. The summed E-state index contributed by atoms with van der Waals surface area (Å²) in [5, 5.41) is 6.13. The van der Waals surface area contributed by atoms with Gasteiger partial charge in [0.1, 0.15) is 10.2 Å². The minimum absolute atomic E-state index is 0.0515. The van der Waals surface area contributed by atoms with Gasteiger partial charge in [-0.05, 0) is 36.4 Å². The molecule has 0 aliphatic rings. The Bertz CT molecular complexity index is 2260. The molecule has 1 aromatic carbocycles. The van der Waals surface area contributed by atoms with Crippen LogP contribution < -0.4 is 0 Å². The summed E-state index contributed by atoms with van der Waals surface area (Å²) in [4.78, 5) is 30.2. The first-order valence-electron chi connectivity index (χ1n) is 13.2. The third-order valence-corrected chi connectivity index (χ3v) is 9.86. The Labute approximate surface area is 288 Å². The molecule has 5 aromatic rings. The number of aromatic nitrogens is 6. The fourth-order valence-electron chi connectivity index (χ4n) is 3.89. The van der Waals surface area contributed by atoms with Crippen LogP contribution in [-0.2, 0) is 32.0 Å². The molecule has 0 spiro atoms. The van der Waals surface area contributed by atoms with Gasteiger partial charge in [-0.3, -0.25) is 9.59 Å². The highest BCUT2D eigenvalue weighted by atomic mass is 35.5. The van der Waals surface area contributed by atoms with Crippen molar-refractivity contribution in [1.29, 1.82) is 0 Å². The van der Waals surface area contributed by atoms with Crippen molar-refractivity contribution >= 4 is 55.6 Å². The average Bonchev–Trinajstić information content (AvgIpc) is 3.58. The summed E-state index contributed by atoms with van der Waals surface area (Å²) in [5.41, 5.74) is -4.21. The van der Waals surface area contributed by atoms with E-state index in [1.807, 2.05) is 0 Å². The van der Waals surface area contributed by atoms with Crippen LogP contribution in [0.15, 0.2) is 86.7 Å². The maximum absolute atomic E-state index is 13.4. The molecule has 0 atom stereocenters. The number of benzene rings is 1. The van der Waals surface area contributed by atoms with Gasteiger partial charge < -0.3 is 0 Å². The minimum Gasteiger partial charge on any atom is -0.298 e. The first-order valence-corrected chi connectivity index (χ1v) is 18.2. The molecule has 0 saturated heterocycles. The van der Waals surface area contributed by atoms with Gasteiger partial charge in [-0.25, -0.2) is 36.2 Å². The summed E-state index contributed by atoms with van der Waals surface area (Å²) in [6, 6.07) is 13.2. The zero-order chi connectivity index (χ0) is 37.2. The van der Waals surface area contributed by atoms with Crippen molar-refractivity contribution in [2.24, 2.45) is 0 Å². The molecule has 12 nitrogen and oxygen atoms in total. The van der Waals surface area contributed by atoms with E-state index >= 15 is 0 Å². The number of hydrogen-bond donors (Lipinski definition) is 0. The van der Waals surface area contributed by atoms with E-state index in [9.17, 15) is 52.8 Å². The standard InChI is InChI=1S/C17H12F3N3O3S2.C11H7ClF3N3O3S/c1-28(25,26)12-7-8-14(21-9-12)23-16(27-11-5-3-2-4-6-11)13(10-24)15(22-23)17(18,19)20;1-22(20,21)6-2-3-8(16-4-6)18-10(12)7(5-19)9(17-18)11(13,14)15/h2-10H,1H3;2-5H,1H3. The molecule has 0 aliphatic carbocycles. The Balaban J connectivity index is 0.000000232. The van der Waals surface area contributed by atoms with E-state index in [0.29, 0.717) is 9.58 Å². The van der Waals surface area contributed by atoms with Gasteiger partial charge in [0.25, 0.3) is 0 Å². The third-order valence-electron chi connectivity index (χ3n) is 6.20. The molecule has 0 saturated carbocycles. The maximum atomic E-state index is 13.4. The molecule has 0 N–H and O–H groups in total. The van der Waals surface area contributed by atoms with Crippen LogP contribution in [0.2, 0.25) is 5.15 Å². The molecule has 50 heavy (non-hydrogen) atoms. The number of nitrogens with zero attached hydrogens (tertiary/aromatic N) is 6. The lowest BCUT2D eigenvalue weighted by atomic mass is 10.2. The van der Waals surface area contributed by atoms with Gasteiger partial charge >= 0.3 is 12.4 Å². The van der Waals surface area contributed by atoms with E-state index in [1.165, 1.54) is 12.1 Å². The summed E-state index contributed by atoms with van der Waals surface area (Å²) in [6.07, 6.45) is -5.74. The minimum atomic E-state index is -4.86. The number of sulfone groups is 2. The Morgan fingerprint density at radius 3 is 1.50 bits per heavy atom. The van der Waals surface area contributed by atoms with Crippen molar-refractivity contribution in [3.8, 4) is 11.6 Å². The van der Waals surface area contributed by atoms with Crippen molar-refractivity contribution in [2.45, 2.75) is 32.1 Å². The van der Waals surface area contributed by atoms with Gasteiger partial charge in [-0.15, -0.1) is 0 Å². The van der Waals surface area contributed by atoms with E-state index in [2.05, 4.69) is 20.2 Å². The number of aldehydes is 2. The molecule has 4 aromatic heterocycles. The monoisotopic (exact) mass is 780 g/mol. The molecule has 0 aliphatic heterocycles. The lowest BCUT2D eigenvalue weighted by molar-refractivity contribution is -0.142. The topological polar surface area (TPSA) is 164 Å². The highest BCUT2D eigenvalue weighted by Crippen LogP contribution is 2.39. The van der Waals surface area contributed by atoms with Crippen LogP contribution in [0, 0.1) is 0 Å². The number of alkyl halides is 6. The summed E-state index contributed by atoms with van der Waals surface area (Å²) < 4.78 is 126. The van der Waals surface area contributed by atoms with Crippen LogP contribution in [0.1, 0.15) is 32.1 Å². The normalized spacial score (nSPS) is 12.3. The second-order valence-corrected chi connectivity index (χ2v) is 15.3. The molecule has 0 radical (unpaired) electrons. The van der Waals surface area contributed by atoms with Crippen LogP contribution >= 0.6 is 23.4 Å². The van der Waals surface area contributed by atoms with Crippen LogP contribution in [0.4, 0.5) is 26.3 Å². The number of halogens is 7. The maximum Gasteiger partial charge on any atom is 0.435 e. The van der Waals surface area contributed by atoms with Gasteiger partial charge in [0.2, 0.25) is 0 Å². The number of hydrogen-bond acceptors (Lipinski definition) is 11. The van der Waals surface area contributed by atoms with Gasteiger partial charge in [0.05, 0.1) is 20.9 Å². The summed E-state index contributed by atoms with van der Waals surface area (Å²) in [6.45, 7) is 0. The van der Waals surface area contributed by atoms with Gasteiger partial charge in [0, 0.05) is 29.8 Å². The number of carbonyl (C=O) groups is 2. The molecule has 0 fully saturated rings. The van der Waals surface area contributed by atoms with Crippen molar-refractivity contribution in [3.05, 3.63) is 94.7 Å². The highest BCUT2D eigenvalue weighted by molar-refractivity contribution is 7.99. The van der Waals surface area contributed by atoms with Crippen LogP contribution in [-0.4, -0.2) is 71.4 Å². The largest absolute Gasteiger partial charge is 0.435 e. The zero-order valence-corrected chi connectivity index (χ0v) is 28.2. The SMILES string of the molecule is CS(=O)(=O)c1ccc(-n2nc(C(F)(F)F)c(C=O)c2Cl)nc1.CS(=O)(=O)c1ccc(-n2nc(C(F)(F)F)c(C=O)c2Sc2ccccc2)nc1. The summed E-state index contributed by atoms with van der Waals surface area (Å²) in [5.74, 6) is -0.208. The van der Waals surface area contributed by atoms with Crippen molar-refractivity contribution in [3.63, 3.8) is 0 Å². The van der Waals surface area contributed by atoms with Gasteiger partial charge in [0.15, 0.2) is 55.3 Å². The zero-order valence-electron chi connectivity index (χ0n) is 25.0. The second kappa shape index (κ2) is 14.3. The molecule has 264 valence electrons. The smallest absolute Gasteiger partial charge is 0.298 e. The van der Waals surface area contributed by atoms with Gasteiger partial charge in [-0.1, -0.05) is 41.6 Å². The van der Waals surface area contributed by atoms with Crippen molar-refractivity contribution in [1.82, 2.24) is 29.5 Å². The van der Waals surface area contributed by atoms with Crippen LogP contribution in [0.3, 0.4) is 0 Å². The number of pyridine rings is 2. The Kier molecular flexibility index (Phi) is 10.9. The molecule has 0 amide bonds. The number of carbonyl (C=O) groups excluding carboxylic acids is 2. The Hall–Kier alpha value is -4.60. The first-order chi connectivity index (χ1) is 23.2. The molecule has 22 heteroatoms. The van der Waals surface area contributed by atoms with Crippen molar-refractivity contribution < 1.29 is 52.8 Å². The van der Waals surface area contributed by atoms with E-state index in [0.717, 1.165) is 53.5 Å². The van der Waals surface area contributed by atoms with Crippen LogP contribution in [0.5, 0.6) is 0 Å². The van der Waals surface area contributed by atoms with E-state index in [4.69, 9.17) is 11.6 Å². The van der Waals surface area contributed by atoms with Crippen molar-refractivity contribution in [2.75, 3.05) is 12.5 Å². The van der Waals surface area contributed by atoms with Gasteiger partial charge in [-0.2, -0.15) is 36.5 Å². The summed E-state index contributed by atoms with van der Waals surface area (Å²) >= 11 is 6.63. The number of rotatable bonds is 8. The highest BCUT2D eigenvalue weighted by Gasteiger charge is 2.40. The third kappa shape index (κ3) is 8.57. The molecular formula is C28H19ClF6N6O6S3. The lowest BCUT2D eigenvalue weighted by Crippen LogP contribution is -2.10. The molecular weight excluding hydrogens is 762 g/mol. The second-order valence-electron chi connectivity index (χ2n) is 9.84. The Morgan fingerprint density at radius 2 is 1.12 bits per heavy atom. The molecule has 0 unspecified atom stereocenters. The first kappa shape index (κ1) is 38.2. The summed E-state index contributed by atoms with van der Waals surface area (Å²) in [7, 11) is -7.03. The van der Waals surface area contributed by atoms with Crippen LogP contribution in [0.25, 0.3) is 11.6 Å². The van der Waals surface area contributed by atoms with E-state index in [1.54, 1.807) is 30.3 Å². The fraction of sp³-hybridized carbons (Fsp3) is 0.143. The average molecular weight is 781 g/mol. The van der Waals surface area contributed by atoms with E-state index < -0.39 is 59.7 Å². The quantitative estimate of drug-likeness (QED) is 0.138.